The molecule has 0 bridgehead atoms. The Labute approximate surface area is 272 Å². The summed E-state index contributed by atoms with van der Waals surface area (Å²) in [6.45, 7) is 0.477. The van der Waals surface area contributed by atoms with Crippen LogP contribution in [0.15, 0.2) is 63.8 Å². The molecule has 12 nitrogen and oxygen atoms in total. The molecule has 6 rings (SSSR count). The highest BCUT2D eigenvalue weighted by atomic mass is 32.2. The van der Waals surface area contributed by atoms with E-state index in [9.17, 15) is 36.4 Å². The fraction of sp³-hybridized carbons (Fsp3) is 0.273. The predicted octanol–water partition coefficient (Wildman–Crippen LogP) is 3.86. The van der Waals surface area contributed by atoms with Gasteiger partial charge in [0.25, 0.3) is 11.5 Å². The van der Waals surface area contributed by atoms with E-state index in [1.807, 2.05) is 0 Å². The summed E-state index contributed by atoms with van der Waals surface area (Å²) in [7, 11) is -4.05. The Morgan fingerprint density at radius 3 is 2.62 bits per heavy atom. The molecule has 3 heterocycles. The van der Waals surface area contributed by atoms with Gasteiger partial charge in [-0.15, -0.1) is 0 Å². The van der Waals surface area contributed by atoms with Crippen LogP contribution in [-0.2, 0) is 24.3 Å². The third-order valence-corrected chi connectivity index (χ3v) is 9.32. The number of hydrogen-bond donors (Lipinski definition) is 2. The number of rotatable bonds is 9. The van der Waals surface area contributed by atoms with E-state index >= 15 is 0 Å². The van der Waals surface area contributed by atoms with Gasteiger partial charge in [-0.25, -0.2) is 17.2 Å². The number of nitrogens with zero attached hydrogens (tertiary/aromatic N) is 2. The molecule has 0 saturated carbocycles. The molecular formula is C33H30F2N4O8S. The second kappa shape index (κ2) is 12.7. The molecule has 3 aromatic carbocycles. The first kappa shape index (κ1) is 32.6. The van der Waals surface area contributed by atoms with Gasteiger partial charge in [-0.1, -0.05) is 12.1 Å². The van der Waals surface area contributed by atoms with Crippen LogP contribution in [0.5, 0.6) is 0 Å². The van der Waals surface area contributed by atoms with Crippen molar-refractivity contribution in [2.24, 2.45) is 0 Å². The lowest BCUT2D eigenvalue weighted by atomic mass is 9.97. The first-order valence-electron chi connectivity index (χ1n) is 15.0. The lowest BCUT2D eigenvalue weighted by Crippen LogP contribution is -2.57. The number of sulfonamides is 1. The first-order valence-corrected chi connectivity index (χ1v) is 16.9. The molecule has 2 N–H and O–H groups in total. The molecule has 15 heteroatoms. The van der Waals surface area contributed by atoms with Gasteiger partial charge in [-0.05, 0) is 48.9 Å². The molecule has 2 aromatic heterocycles. The lowest BCUT2D eigenvalue weighted by Gasteiger charge is -2.34. The van der Waals surface area contributed by atoms with Crippen molar-refractivity contribution in [1.82, 2.24) is 15.2 Å². The highest BCUT2D eigenvalue weighted by Crippen LogP contribution is 2.40. The summed E-state index contributed by atoms with van der Waals surface area (Å²) in [4.78, 5) is 56.0. The average Bonchev–Trinajstić information content (AvgIpc) is 3.42. The van der Waals surface area contributed by atoms with Crippen LogP contribution >= 0.6 is 0 Å². The smallest absolute Gasteiger partial charge is 0.308 e. The minimum atomic E-state index is -4.05. The number of benzene rings is 3. The number of pyridine rings is 1. The van der Waals surface area contributed by atoms with Crippen molar-refractivity contribution < 1.29 is 40.7 Å². The minimum Gasteiger partial charge on any atom is -0.466 e. The van der Waals surface area contributed by atoms with E-state index in [0.29, 0.717) is 16.3 Å². The number of ether oxygens (including phenoxy) is 1. The molecule has 1 saturated heterocycles. The summed E-state index contributed by atoms with van der Waals surface area (Å²) in [5, 5.41) is 3.49. The maximum atomic E-state index is 14.0. The molecule has 1 aliphatic rings. The zero-order valence-corrected chi connectivity index (χ0v) is 26.7. The van der Waals surface area contributed by atoms with Crippen LogP contribution < -0.4 is 15.2 Å². The topological polar surface area (TPSA) is 159 Å². The number of esters is 1. The standard InChI is InChI=1S/C33H30F2N4O8S/c1-3-46-28(40)17-26-31(41)36-10-12-38(26)33(43)19-6-4-5-18(13-19)22-15-23-27(16-25(22)39(11-9-34)48(2,44)45)47-30-21-8-7-20(35)14-24(21)37-32(42)29(23)30/h4-8,13-16,26H,3,9-12,17H2,1-2H3,(H,36,41)(H,37,42). The van der Waals surface area contributed by atoms with Gasteiger partial charge in [0.2, 0.25) is 15.9 Å². The zero-order chi connectivity index (χ0) is 34.3. The number of carbonyl (C=O) groups excluding carboxylic acids is 3. The second-order valence-corrected chi connectivity index (χ2v) is 13.1. The Hall–Kier alpha value is -5.31. The number of piperazine rings is 1. The maximum Gasteiger partial charge on any atom is 0.308 e. The van der Waals surface area contributed by atoms with Gasteiger partial charge >= 0.3 is 5.97 Å². The largest absolute Gasteiger partial charge is 0.466 e. The Morgan fingerprint density at radius 1 is 1.10 bits per heavy atom. The number of H-pyrrole nitrogens is 1. The van der Waals surface area contributed by atoms with E-state index in [1.54, 1.807) is 19.1 Å². The monoisotopic (exact) mass is 680 g/mol. The Balaban J connectivity index is 1.53. The molecule has 250 valence electrons. The zero-order valence-electron chi connectivity index (χ0n) is 25.8. The SMILES string of the molecule is CCOC(=O)CC1C(=O)NCCN1C(=O)c1cccc(-c2cc3c(cc2N(CCF)S(C)(=O)=O)oc2c4ccc(F)cc4[nH]c(=O)c32)c1. The normalized spacial score (nSPS) is 15.2. The lowest BCUT2D eigenvalue weighted by molar-refractivity contribution is -0.147. The highest BCUT2D eigenvalue weighted by Gasteiger charge is 2.36. The van der Waals surface area contributed by atoms with Crippen molar-refractivity contribution >= 4 is 66.3 Å². The van der Waals surface area contributed by atoms with Crippen LogP contribution in [0.3, 0.4) is 0 Å². The van der Waals surface area contributed by atoms with E-state index in [1.165, 1.54) is 41.3 Å². The van der Waals surface area contributed by atoms with Gasteiger partial charge in [0.1, 0.15) is 29.7 Å². The molecule has 1 atom stereocenters. The summed E-state index contributed by atoms with van der Waals surface area (Å²) in [5.41, 5.74) is 0.594. The fourth-order valence-corrected chi connectivity index (χ4v) is 6.96. The average molecular weight is 681 g/mol. The first-order chi connectivity index (χ1) is 22.9. The van der Waals surface area contributed by atoms with Crippen LogP contribution in [0.1, 0.15) is 23.7 Å². The van der Waals surface area contributed by atoms with Crippen molar-refractivity contribution in [3.05, 3.63) is 76.3 Å². The van der Waals surface area contributed by atoms with E-state index in [-0.39, 0.29) is 65.0 Å². The molecular weight excluding hydrogens is 650 g/mol. The van der Waals surface area contributed by atoms with Crippen LogP contribution in [0.2, 0.25) is 0 Å². The van der Waals surface area contributed by atoms with Crippen LogP contribution in [0.4, 0.5) is 14.5 Å². The number of anilines is 1. The van der Waals surface area contributed by atoms with Crippen molar-refractivity contribution in [2.75, 3.05) is 43.5 Å². The Kier molecular flexibility index (Phi) is 8.64. The molecule has 48 heavy (non-hydrogen) atoms. The minimum absolute atomic E-state index is 0.0237. The van der Waals surface area contributed by atoms with Gasteiger partial charge in [-0.3, -0.25) is 23.5 Å². The van der Waals surface area contributed by atoms with Crippen molar-refractivity contribution in [3.63, 3.8) is 0 Å². The van der Waals surface area contributed by atoms with Crippen molar-refractivity contribution in [2.45, 2.75) is 19.4 Å². The van der Waals surface area contributed by atoms with Crippen LogP contribution in [0, 0.1) is 5.82 Å². The van der Waals surface area contributed by atoms with E-state index < -0.39 is 58.4 Å². The molecule has 0 radical (unpaired) electrons. The summed E-state index contributed by atoms with van der Waals surface area (Å²) in [5.74, 6) is -2.27. The number of fused-ring (bicyclic) bond motifs is 5. The van der Waals surface area contributed by atoms with Gasteiger partial charge in [-0.2, -0.15) is 0 Å². The van der Waals surface area contributed by atoms with Crippen molar-refractivity contribution in [1.29, 1.82) is 0 Å². The molecule has 0 spiro atoms. The van der Waals surface area contributed by atoms with E-state index in [2.05, 4.69) is 10.3 Å². The summed E-state index contributed by atoms with van der Waals surface area (Å²) in [6.07, 6.45) is 0.578. The summed E-state index contributed by atoms with van der Waals surface area (Å²) in [6, 6.07) is 11.8. The number of alkyl halides is 1. The number of nitrogens with one attached hydrogen (secondary N) is 2. The predicted molar refractivity (Wildman–Crippen MR) is 174 cm³/mol. The summed E-state index contributed by atoms with van der Waals surface area (Å²) >= 11 is 0. The third-order valence-electron chi connectivity index (χ3n) is 8.14. The number of amides is 2. The second-order valence-electron chi connectivity index (χ2n) is 11.2. The van der Waals surface area contributed by atoms with Gasteiger partial charge in [0, 0.05) is 41.1 Å². The van der Waals surface area contributed by atoms with Gasteiger partial charge < -0.3 is 24.4 Å². The van der Waals surface area contributed by atoms with Crippen LogP contribution in [0.25, 0.3) is 44.0 Å². The Bertz CT molecular complexity index is 2280. The maximum absolute atomic E-state index is 14.0. The van der Waals surface area contributed by atoms with E-state index in [4.69, 9.17) is 9.15 Å². The number of aromatic nitrogens is 1. The number of halogens is 2. The Morgan fingerprint density at radius 2 is 1.90 bits per heavy atom. The number of aromatic amines is 1. The quantitative estimate of drug-likeness (QED) is 0.222. The molecule has 5 aromatic rings. The third kappa shape index (κ3) is 5.96. The molecule has 1 unspecified atom stereocenters. The molecule has 1 fully saturated rings. The van der Waals surface area contributed by atoms with E-state index in [0.717, 1.165) is 16.6 Å². The number of carbonyl (C=O) groups is 3. The molecule has 1 aliphatic heterocycles. The molecule has 2 amide bonds. The molecule has 0 aliphatic carbocycles. The fourth-order valence-electron chi connectivity index (χ4n) is 6.05. The van der Waals surface area contributed by atoms with Crippen LogP contribution in [-0.4, -0.2) is 81.3 Å². The highest BCUT2D eigenvalue weighted by molar-refractivity contribution is 7.92. The summed E-state index contributed by atoms with van der Waals surface area (Å²) < 4.78 is 65.6. The van der Waals surface area contributed by atoms with Crippen molar-refractivity contribution in [3.8, 4) is 11.1 Å². The van der Waals surface area contributed by atoms with Gasteiger partial charge in [0.15, 0.2) is 0 Å². The number of hydrogen-bond acceptors (Lipinski definition) is 8. The van der Waals surface area contributed by atoms with Gasteiger partial charge in [0.05, 0.1) is 42.4 Å². The number of furan rings is 1.